The molecule has 0 aliphatic carbocycles. The third kappa shape index (κ3) is 3.93. The highest BCUT2D eigenvalue weighted by Gasteiger charge is 2.19. The Morgan fingerprint density at radius 2 is 1.79 bits per heavy atom. The van der Waals surface area contributed by atoms with E-state index in [0.717, 1.165) is 16.9 Å². The van der Waals surface area contributed by atoms with Gasteiger partial charge < -0.3 is 0 Å². The molecule has 8 heteroatoms. The van der Waals surface area contributed by atoms with Gasteiger partial charge in [-0.3, -0.25) is 18.9 Å². The number of rotatable bonds is 5. The topological polar surface area (TPSA) is 78.5 Å². The number of pyridine rings is 1. The van der Waals surface area contributed by atoms with E-state index in [4.69, 9.17) is 4.98 Å². The normalized spacial score (nSPS) is 11.2. The summed E-state index contributed by atoms with van der Waals surface area (Å²) in [5.74, 6) is 1.82. The summed E-state index contributed by atoms with van der Waals surface area (Å²) in [4.78, 5) is 22.0. The SMILES string of the molecule is Cc1ccc(-n2c(SCc3nc4ccccc4c(=O)n3C)nnc2-c2ccccn2)c(C)c1. The third-order valence-corrected chi connectivity index (χ3v) is 6.45. The van der Waals surface area contributed by atoms with Crippen molar-refractivity contribution in [3.63, 3.8) is 0 Å². The molecule has 0 saturated heterocycles. The first-order valence-corrected chi connectivity index (χ1v) is 11.5. The molecule has 0 amide bonds. The predicted octanol–water partition coefficient (Wildman–Crippen LogP) is 4.49. The summed E-state index contributed by atoms with van der Waals surface area (Å²) in [6.07, 6.45) is 1.75. The zero-order chi connectivity index (χ0) is 22.9. The van der Waals surface area contributed by atoms with Gasteiger partial charge in [-0.05, 0) is 49.7 Å². The molecule has 33 heavy (non-hydrogen) atoms. The number of hydrogen-bond acceptors (Lipinski definition) is 6. The van der Waals surface area contributed by atoms with E-state index in [1.807, 2.05) is 41.0 Å². The molecule has 0 spiro atoms. The Morgan fingerprint density at radius 3 is 2.58 bits per heavy atom. The van der Waals surface area contributed by atoms with Crippen LogP contribution in [-0.2, 0) is 12.8 Å². The number of fused-ring (bicyclic) bond motifs is 1. The van der Waals surface area contributed by atoms with Crippen LogP contribution in [0, 0.1) is 13.8 Å². The zero-order valence-corrected chi connectivity index (χ0v) is 19.4. The summed E-state index contributed by atoms with van der Waals surface area (Å²) in [6, 6.07) is 19.4. The van der Waals surface area contributed by atoms with Crippen molar-refractivity contribution in [3.8, 4) is 17.2 Å². The average Bonchev–Trinajstić information content (AvgIpc) is 3.25. The average molecular weight is 455 g/mol. The lowest BCUT2D eigenvalue weighted by atomic mass is 10.1. The van der Waals surface area contributed by atoms with Gasteiger partial charge in [0.05, 0.1) is 22.3 Å². The minimum atomic E-state index is -0.0544. The molecule has 0 atom stereocenters. The molecule has 0 aliphatic rings. The summed E-state index contributed by atoms with van der Waals surface area (Å²) in [7, 11) is 1.76. The van der Waals surface area contributed by atoms with E-state index in [0.29, 0.717) is 33.5 Å². The maximum atomic E-state index is 12.8. The molecule has 0 unspecified atom stereocenters. The molecule has 2 aromatic carbocycles. The largest absolute Gasteiger partial charge is 0.299 e. The smallest absolute Gasteiger partial charge is 0.261 e. The lowest BCUT2D eigenvalue weighted by Gasteiger charge is -2.14. The quantitative estimate of drug-likeness (QED) is 0.364. The van der Waals surface area contributed by atoms with Gasteiger partial charge in [-0.1, -0.05) is 47.7 Å². The van der Waals surface area contributed by atoms with Crippen molar-refractivity contribution in [1.29, 1.82) is 0 Å². The lowest BCUT2D eigenvalue weighted by molar-refractivity contribution is 0.782. The van der Waals surface area contributed by atoms with Gasteiger partial charge in [0.1, 0.15) is 11.5 Å². The Morgan fingerprint density at radius 1 is 0.970 bits per heavy atom. The molecular formula is C25H22N6OS. The number of aromatic nitrogens is 6. The first-order valence-electron chi connectivity index (χ1n) is 10.5. The van der Waals surface area contributed by atoms with E-state index in [2.05, 4.69) is 47.2 Å². The standard InChI is InChI=1S/C25H22N6OS/c1-16-11-12-21(17(2)14-16)31-23(20-10-6-7-13-26-20)28-29-25(31)33-15-22-27-19-9-5-4-8-18(19)24(32)30(22)3/h4-14H,15H2,1-3H3. The highest BCUT2D eigenvalue weighted by molar-refractivity contribution is 7.98. The second-order valence-corrected chi connectivity index (χ2v) is 8.79. The Bertz CT molecular complexity index is 1520. The molecule has 0 saturated carbocycles. The van der Waals surface area contributed by atoms with E-state index in [-0.39, 0.29) is 5.56 Å². The second kappa shape index (κ2) is 8.63. The van der Waals surface area contributed by atoms with Crippen LogP contribution in [0.5, 0.6) is 0 Å². The van der Waals surface area contributed by atoms with Crippen molar-refractivity contribution in [1.82, 2.24) is 29.3 Å². The van der Waals surface area contributed by atoms with Crippen LogP contribution >= 0.6 is 11.8 Å². The number of para-hydroxylation sites is 1. The number of benzene rings is 2. The monoisotopic (exact) mass is 454 g/mol. The minimum absolute atomic E-state index is 0.0544. The van der Waals surface area contributed by atoms with Gasteiger partial charge in [-0.15, -0.1) is 10.2 Å². The van der Waals surface area contributed by atoms with Crippen LogP contribution < -0.4 is 5.56 Å². The number of hydrogen-bond donors (Lipinski definition) is 0. The van der Waals surface area contributed by atoms with Crippen LogP contribution in [0.2, 0.25) is 0 Å². The lowest BCUT2D eigenvalue weighted by Crippen LogP contribution is -2.22. The predicted molar refractivity (Wildman–Crippen MR) is 131 cm³/mol. The van der Waals surface area contributed by atoms with Crippen molar-refractivity contribution < 1.29 is 0 Å². The maximum absolute atomic E-state index is 12.8. The van der Waals surface area contributed by atoms with Gasteiger partial charge in [-0.25, -0.2) is 4.98 Å². The first kappa shape index (κ1) is 21.1. The maximum Gasteiger partial charge on any atom is 0.261 e. The Balaban J connectivity index is 1.58. The van der Waals surface area contributed by atoms with E-state index in [1.54, 1.807) is 23.9 Å². The van der Waals surface area contributed by atoms with Crippen molar-refractivity contribution >= 4 is 22.7 Å². The van der Waals surface area contributed by atoms with Crippen molar-refractivity contribution in [2.24, 2.45) is 7.05 Å². The third-order valence-electron chi connectivity index (χ3n) is 5.53. The van der Waals surface area contributed by atoms with Gasteiger partial charge in [0.2, 0.25) is 0 Å². The molecule has 0 radical (unpaired) electrons. The first-order chi connectivity index (χ1) is 16.0. The van der Waals surface area contributed by atoms with Gasteiger partial charge >= 0.3 is 0 Å². The van der Waals surface area contributed by atoms with Crippen LogP contribution in [0.25, 0.3) is 28.1 Å². The fraction of sp³-hybridized carbons (Fsp3) is 0.160. The highest BCUT2D eigenvalue weighted by atomic mass is 32.2. The Kier molecular flexibility index (Phi) is 5.51. The van der Waals surface area contributed by atoms with Crippen LogP contribution in [0.1, 0.15) is 17.0 Å². The van der Waals surface area contributed by atoms with Crippen LogP contribution in [0.3, 0.4) is 0 Å². The minimum Gasteiger partial charge on any atom is -0.299 e. The molecular weight excluding hydrogens is 432 g/mol. The van der Waals surface area contributed by atoms with E-state index in [1.165, 1.54) is 17.3 Å². The van der Waals surface area contributed by atoms with E-state index >= 15 is 0 Å². The Hall–Kier alpha value is -3.78. The van der Waals surface area contributed by atoms with Gasteiger partial charge in [0, 0.05) is 13.2 Å². The van der Waals surface area contributed by atoms with E-state index in [9.17, 15) is 4.79 Å². The summed E-state index contributed by atoms with van der Waals surface area (Å²) in [6.45, 7) is 4.15. The van der Waals surface area contributed by atoms with Crippen LogP contribution in [-0.4, -0.2) is 29.3 Å². The van der Waals surface area contributed by atoms with Crippen LogP contribution in [0.15, 0.2) is 76.8 Å². The summed E-state index contributed by atoms with van der Waals surface area (Å²) in [5, 5.41) is 10.3. The molecule has 5 rings (SSSR count). The zero-order valence-electron chi connectivity index (χ0n) is 18.6. The number of aryl methyl sites for hydroxylation is 2. The molecule has 3 heterocycles. The summed E-state index contributed by atoms with van der Waals surface area (Å²) < 4.78 is 3.63. The fourth-order valence-corrected chi connectivity index (χ4v) is 4.75. The molecule has 0 bridgehead atoms. The fourth-order valence-electron chi connectivity index (χ4n) is 3.82. The highest BCUT2D eigenvalue weighted by Crippen LogP contribution is 2.30. The number of thioether (sulfide) groups is 1. The summed E-state index contributed by atoms with van der Waals surface area (Å²) >= 11 is 1.49. The molecule has 3 aromatic heterocycles. The Labute approximate surface area is 195 Å². The molecule has 0 fully saturated rings. The second-order valence-electron chi connectivity index (χ2n) is 7.84. The van der Waals surface area contributed by atoms with Crippen molar-refractivity contribution in [2.75, 3.05) is 0 Å². The van der Waals surface area contributed by atoms with Crippen molar-refractivity contribution in [3.05, 3.63) is 94.2 Å². The number of nitrogens with zero attached hydrogens (tertiary/aromatic N) is 6. The van der Waals surface area contributed by atoms with Crippen LogP contribution in [0.4, 0.5) is 0 Å². The molecule has 5 aromatic rings. The van der Waals surface area contributed by atoms with E-state index < -0.39 is 0 Å². The van der Waals surface area contributed by atoms with Gasteiger partial charge in [0.15, 0.2) is 11.0 Å². The molecule has 164 valence electrons. The van der Waals surface area contributed by atoms with Crippen molar-refractivity contribution in [2.45, 2.75) is 24.8 Å². The molecule has 7 nitrogen and oxygen atoms in total. The summed E-state index contributed by atoms with van der Waals surface area (Å²) in [5.41, 5.74) is 4.68. The van der Waals surface area contributed by atoms with Gasteiger partial charge in [-0.2, -0.15) is 0 Å². The molecule has 0 N–H and O–H groups in total. The van der Waals surface area contributed by atoms with Gasteiger partial charge in [0.25, 0.3) is 5.56 Å². The molecule has 0 aliphatic heterocycles.